The molecule has 0 N–H and O–H groups in total. The highest BCUT2D eigenvalue weighted by molar-refractivity contribution is 7.98. The topological polar surface area (TPSA) is 30.7 Å². The fourth-order valence-corrected chi connectivity index (χ4v) is 3.76. The van der Waals surface area contributed by atoms with Gasteiger partial charge in [-0.15, -0.1) is 16.8 Å². The summed E-state index contributed by atoms with van der Waals surface area (Å²) in [5.41, 5.74) is 1.64. The third-order valence-electron chi connectivity index (χ3n) is 3.72. The van der Waals surface area contributed by atoms with Gasteiger partial charge in [0.1, 0.15) is 11.6 Å². The Morgan fingerprint density at radius 1 is 1.12 bits per heavy atom. The maximum Gasteiger partial charge on any atom is 0.191 e. The summed E-state index contributed by atoms with van der Waals surface area (Å²) in [6.07, 6.45) is 2.49. The largest absolute Gasteiger partial charge is 0.302 e. The van der Waals surface area contributed by atoms with Crippen LogP contribution in [0, 0.1) is 5.82 Å². The van der Waals surface area contributed by atoms with Crippen molar-refractivity contribution >= 4 is 23.4 Å². The minimum absolute atomic E-state index is 0.306. The van der Waals surface area contributed by atoms with Crippen molar-refractivity contribution in [2.45, 2.75) is 23.9 Å². The summed E-state index contributed by atoms with van der Waals surface area (Å²) in [5, 5.41) is 9.72. The molecule has 0 saturated heterocycles. The molecular weight excluding hydrogens is 357 g/mol. The number of halogens is 2. The van der Waals surface area contributed by atoms with Crippen LogP contribution >= 0.6 is 23.4 Å². The maximum atomic E-state index is 13.9. The molecule has 25 heavy (non-hydrogen) atoms. The van der Waals surface area contributed by atoms with Gasteiger partial charge in [0.05, 0.1) is 0 Å². The van der Waals surface area contributed by atoms with Crippen LogP contribution in [0.15, 0.2) is 66.3 Å². The molecule has 128 valence electrons. The zero-order chi connectivity index (χ0) is 17.6. The van der Waals surface area contributed by atoms with Crippen LogP contribution in [0.4, 0.5) is 4.39 Å². The highest BCUT2D eigenvalue weighted by Gasteiger charge is 2.14. The van der Waals surface area contributed by atoms with E-state index >= 15 is 0 Å². The molecule has 0 saturated carbocycles. The average molecular weight is 374 g/mol. The van der Waals surface area contributed by atoms with E-state index < -0.39 is 0 Å². The summed E-state index contributed by atoms with van der Waals surface area (Å²) < 4.78 is 15.9. The van der Waals surface area contributed by atoms with Crippen molar-refractivity contribution in [1.29, 1.82) is 0 Å². The van der Waals surface area contributed by atoms with Crippen LogP contribution in [0.1, 0.15) is 17.0 Å². The van der Waals surface area contributed by atoms with Crippen molar-refractivity contribution in [1.82, 2.24) is 14.8 Å². The first-order valence-corrected chi connectivity index (χ1v) is 9.18. The second-order valence-electron chi connectivity index (χ2n) is 5.45. The van der Waals surface area contributed by atoms with E-state index in [0.717, 1.165) is 16.5 Å². The van der Waals surface area contributed by atoms with Gasteiger partial charge in [-0.3, -0.25) is 0 Å². The maximum absolute atomic E-state index is 13.9. The molecular formula is C19H17ClFN3S. The first kappa shape index (κ1) is 17.7. The number of aromatic nitrogens is 3. The Kier molecular flexibility index (Phi) is 5.89. The Morgan fingerprint density at radius 2 is 1.92 bits per heavy atom. The van der Waals surface area contributed by atoms with Gasteiger partial charge < -0.3 is 4.57 Å². The van der Waals surface area contributed by atoms with E-state index in [1.165, 1.54) is 17.8 Å². The van der Waals surface area contributed by atoms with E-state index in [9.17, 15) is 4.39 Å². The molecule has 0 fully saturated rings. The highest BCUT2D eigenvalue weighted by atomic mass is 35.5. The van der Waals surface area contributed by atoms with Gasteiger partial charge in [0.15, 0.2) is 5.16 Å². The Hall–Kier alpha value is -2.11. The summed E-state index contributed by atoms with van der Waals surface area (Å²) in [7, 11) is 0. The van der Waals surface area contributed by atoms with Crippen LogP contribution in [0.3, 0.4) is 0 Å². The second kappa shape index (κ2) is 8.32. The van der Waals surface area contributed by atoms with E-state index in [-0.39, 0.29) is 5.82 Å². The summed E-state index contributed by atoms with van der Waals surface area (Å²) >= 11 is 7.51. The highest BCUT2D eigenvalue weighted by Crippen LogP contribution is 2.28. The van der Waals surface area contributed by atoms with Gasteiger partial charge in [-0.05, 0) is 17.7 Å². The second-order valence-corrected chi connectivity index (χ2v) is 6.80. The fourth-order valence-electron chi connectivity index (χ4n) is 2.45. The third-order valence-corrected chi connectivity index (χ3v) is 5.06. The number of thioether (sulfide) groups is 1. The standard InChI is InChI=1S/C19H17ClFN3S/c1-2-11-24-18(12-14-7-4-3-5-8-14)22-23-19(24)25-13-15-16(20)9-6-10-17(15)21/h2-10H,1,11-13H2. The number of rotatable bonds is 7. The third kappa shape index (κ3) is 4.30. The molecule has 0 spiro atoms. The lowest BCUT2D eigenvalue weighted by Gasteiger charge is -2.09. The van der Waals surface area contributed by atoms with Crippen molar-refractivity contribution in [3.8, 4) is 0 Å². The summed E-state index contributed by atoms with van der Waals surface area (Å²) in [6.45, 7) is 4.40. The molecule has 3 nitrogen and oxygen atoms in total. The smallest absolute Gasteiger partial charge is 0.191 e. The molecule has 2 aromatic carbocycles. The van der Waals surface area contributed by atoms with E-state index in [1.54, 1.807) is 18.2 Å². The fraction of sp³-hybridized carbons (Fsp3) is 0.158. The lowest BCUT2D eigenvalue weighted by Crippen LogP contribution is -2.05. The zero-order valence-corrected chi connectivity index (χ0v) is 15.1. The van der Waals surface area contributed by atoms with E-state index in [4.69, 9.17) is 11.6 Å². The van der Waals surface area contributed by atoms with Crippen molar-refractivity contribution in [3.63, 3.8) is 0 Å². The van der Waals surface area contributed by atoms with Crippen molar-refractivity contribution in [2.75, 3.05) is 0 Å². The van der Waals surface area contributed by atoms with Crippen LogP contribution in [0.2, 0.25) is 5.02 Å². The molecule has 1 heterocycles. The van der Waals surface area contributed by atoms with Gasteiger partial charge in [0, 0.05) is 29.3 Å². The van der Waals surface area contributed by atoms with Gasteiger partial charge >= 0.3 is 0 Å². The molecule has 0 atom stereocenters. The molecule has 0 unspecified atom stereocenters. The monoisotopic (exact) mass is 373 g/mol. The van der Waals surface area contributed by atoms with Gasteiger partial charge in [0.2, 0.25) is 0 Å². The van der Waals surface area contributed by atoms with Crippen molar-refractivity contribution in [2.24, 2.45) is 0 Å². The summed E-state index contributed by atoms with van der Waals surface area (Å²) in [6, 6.07) is 14.8. The Labute approximate surface area is 155 Å². The lowest BCUT2D eigenvalue weighted by molar-refractivity contribution is 0.617. The Balaban J connectivity index is 1.80. The number of benzene rings is 2. The normalized spacial score (nSPS) is 10.8. The Morgan fingerprint density at radius 3 is 2.64 bits per heavy atom. The number of hydrogen-bond acceptors (Lipinski definition) is 3. The van der Waals surface area contributed by atoms with E-state index in [1.807, 2.05) is 22.8 Å². The predicted octanol–water partition coefficient (Wildman–Crippen LogP) is 5.14. The molecule has 0 radical (unpaired) electrons. The van der Waals surface area contributed by atoms with Gasteiger partial charge in [0.25, 0.3) is 0 Å². The number of allylic oxidation sites excluding steroid dienone is 1. The molecule has 0 aliphatic carbocycles. The summed E-state index contributed by atoms with van der Waals surface area (Å²) in [5.74, 6) is 0.944. The molecule has 3 aromatic rings. The summed E-state index contributed by atoms with van der Waals surface area (Å²) in [4.78, 5) is 0. The SMILES string of the molecule is C=CCn1c(Cc2ccccc2)nnc1SCc1c(F)cccc1Cl. The van der Waals surface area contributed by atoms with E-state index in [2.05, 4.69) is 28.9 Å². The minimum atomic E-state index is -0.306. The zero-order valence-electron chi connectivity index (χ0n) is 13.5. The molecule has 0 bridgehead atoms. The first-order chi connectivity index (χ1) is 12.2. The molecule has 3 rings (SSSR count). The molecule has 6 heteroatoms. The average Bonchev–Trinajstić information content (AvgIpc) is 2.98. The van der Waals surface area contributed by atoms with Gasteiger partial charge in [-0.2, -0.15) is 0 Å². The first-order valence-electron chi connectivity index (χ1n) is 7.81. The minimum Gasteiger partial charge on any atom is -0.302 e. The quantitative estimate of drug-likeness (QED) is 0.424. The van der Waals surface area contributed by atoms with Crippen molar-refractivity contribution < 1.29 is 4.39 Å². The number of nitrogens with zero attached hydrogens (tertiary/aromatic N) is 3. The van der Waals surface area contributed by atoms with Crippen LogP contribution in [0.5, 0.6) is 0 Å². The molecule has 0 amide bonds. The van der Waals surface area contributed by atoms with Crippen LogP contribution in [-0.4, -0.2) is 14.8 Å². The lowest BCUT2D eigenvalue weighted by atomic mass is 10.1. The molecule has 0 aliphatic rings. The number of hydrogen-bond donors (Lipinski definition) is 0. The molecule has 1 aromatic heterocycles. The predicted molar refractivity (Wildman–Crippen MR) is 100 cm³/mol. The van der Waals surface area contributed by atoms with Crippen LogP contribution in [-0.2, 0) is 18.7 Å². The molecule has 0 aliphatic heterocycles. The van der Waals surface area contributed by atoms with Gasteiger partial charge in [-0.25, -0.2) is 4.39 Å². The van der Waals surface area contributed by atoms with E-state index in [0.29, 0.717) is 29.3 Å². The van der Waals surface area contributed by atoms with Gasteiger partial charge in [-0.1, -0.05) is 65.8 Å². The van der Waals surface area contributed by atoms with Crippen molar-refractivity contribution in [3.05, 3.63) is 89.0 Å². The van der Waals surface area contributed by atoms with Crippen LogP contribution < -0.4 is 0 Å². The Bertz CT molecular complexity index is 844. The van der Waals surface area contributed by atoms with Crippen LogP contribution in [0.25, 0.3) is 0 Å².